The summed E-state index contributed by atoms with van der Waals surface area (Å²) in [5, 5.41) is 4.81. The maximum absolute atomic E-state index is 13.7. The number of aromatic nitrogens is 2. The number of hydrogen-bond donors (Lipinski definition) is 1. The molecule has 0 saturated carbocycles. The van der Waals surface area contributed by atoms with Crippen LogP contribution in [0.4, 0.5) is 14.7 Å². The molecule has 1 aliphatic rings. The number of hydrogen-bond acceptors (Lipinski definition) is 5. The number of anilines is 2. The van der Waals surface area contributed by atoms with Crippen molar-refractivity contribution in [1.29, 1.82) is 0 Å². The number of nitrogens with one attached hydrogen (secondary N) is 1. The molecule has 0 unspecified atom stereocenters. The number of aryl methyl sites for hydroxylation is 1. The van der Waals surface area contributed by atoms with Gasteiger partial charge in [-0.15, -0.1) is 11.3 Å². The van der Waals surface area contributed by atoms with Gasteiger partial charge in [0.15, 0.2) is 10.3 Å². The summed E-state index contributed by atoms with van der Waals surface area (Å²) in [6, 6.07) is 5.04. The molecule has 0 radical (unpaired) electrons. The lowest BCUT2D eigenvalue weighted by atomic mass is 9.93. The van der Waals surface area contributed by atoms with E-state index in [0.29, 0.717) is 10.6 Å². The van der Waals surface area contributed by atoms with E-state index in [-0.39, 0.29) is 5.82 Å². The predicted molar refractivity (Wildman–Crippen MR) is 86.2 cm³/mol. The minimum absolute atomic E-state index is 0.274. The van der Waals surface area contributed by atoms with E-state index in [4.69, 9.17) is 0 Å². The number of nitrogens with zero attached hydrogens (tertiary/aromatic N) is 2. The van der Waals surface area contributed by atoms with Crippen LogP contribution in [0.2, 0.25) is 0 Å². The minimum atomic E-state index is -0.274. The molecule has 1 aliphatic carbocycles. The monoisotopic (exact) mass is 319 g/mol. The van der Waals surface area contributed by atoms with Crippen LogP contribution < -0.4 is 5.32 Å². The molecule has 108 valence electrons. The lowest BCUT2D eigenvalue weighted by Crippen LogP contribution is -2.09. The number of benzene rings is 1. The van der Waals surface area contributed by atoms with E-state index < -0.39 is 0 Å². The molecule has 0 aliphatic heterocycles. The van der Waals surface area contributed by atoms with Gasteiger partial charge in [0.05, 0.1) is 10.4 Å². The molecular weight excluding hydrogens is 305 g/mol. The highest BCUT2D eigenvalue weighted by atomic mass is 32.1. The first-order valence-electron chi connectivity index (χ1n) is 6.99. The van der Waals surface area contributed by atoms with Crippen molar-refractivity contribution in [1.82, 2.24) is 9.97 Å². The average Bonchev–Trinajstić information content (AvgIpc) is 3.02. The minimum Gasteiger partial charge on any atom is -0.307 e. The summed E-state index contributed by atoms with van der Waals surface area (Å²) in [4.78, 5) is 10.4. The predicted octanol–water partition coefficient (Wildman–Crippen LogP) is 4.76. The molecule has 1 atom stereocenters. The third-order valence-electron chi connectivity index (χ3n) is 3.77. The average molecular weight is 319 g/mol. The van der Waals surface area contributed by atoms with E-state index in [1.54, 1.807) is 17.4 Å². The lowest BCUT2D eigenvalue weighted by Gasteiger charge is -2.15. The highest BCUT2D eigenvalue weighted by molar-refractivity contribution is 7.22. The number of para-hydroxylation sites is 1. The van der Waals surface area contributed by atoms with Gasteiger partial charge in [0.25, 0.3) is 0 Å². The third kappa shape index (κ3) is 2.42. The Morgan fingerprint density at radius 1 is 1.24 bits per heavy atom. The number of thiazole rings is 2. The van der Waals surface area contributed by atoms with Crippen molar-refractivity contribution in [3.63, 3.8) is 0 Å². The van der Waals surface area contributed by atoms with Crippen LogP contribution in [0.25, 0.3) is 10.2 Å². The molecule has 1 aromatic carbocycles. The molecular formula is C15H14FN3S2. The van der Waals surface area contributed by atoms with Crippen LogP contribution in [0.15, 0.2) is 18.2 Å². The Morgan fingerprint density at radius 2 is 2.10 bits per heavy atom. The lowest BCUT2D eigenvalue weighted by molar-refractivity contribution is 0.502. The van der Waals surface area contributed by atoms with Crippen molar-refractivity contribution in [2.24, 2.45) is 5.92 Å². The van der Waals surface area contributed by atoms with Gasteiger partial charge in [0.2, 0.25) is 0 Å². The largest absolute Gasteiger partial charge is 0.307 e. The van der Waals surface area contributed by atoms with Gasteiger partial charge in [-0.2, -0.15) is 0 Å². The van der Waals surface area contributed by atoms with Crippen molar-refractivity contribution >= 4 is 43.2 Å². The maximum atomic E-state index is 13.7. The second-order valence-electron chi connectivity index (χ2n) is 5.47. The first-order valence-corrected chi connectivity index (χ1v) is 8.63. The maximum Gasteiger partial charge on any atom is 0.190 e. The molecule has 2 aromatic heterocycles. The molecule has 3 nitrogen and oxygen atoms in total. The number of halogens is 1. The van der Waals surface area contributed by atoms with Gasteiger partial charge in [0, 0.05) is 4.88 Å². The van der Waals surface area contributed by atoms with Gasteiger partial charge in [0.1, 0.15) is 11.3 Å². The van der Waals surface area contributed by atoms with Crippen molar-refractivity contribution < 1.29 is 4.39 Å². The van der Waals surface area contributed by atoms with Crippen LogP contribution in [0.3, 0.4) is 0 Å². The third-order valence-corrected chi connectivity index (χ3v) is 5.74. The van der Waals surface area contributed by atoms with Crippen LogP contribution in [0.5, 0.6) is 0 Å². The van der Waals surface area contributed by atoms with Crippen LogP contribution in [0.1, 0.15) is 23.9 Å². The van der Waals surface area contributed by atoms with Crippen LogP contribution >= 0.6 is 22.7 Å². The summed E-state index contributed by atoms with van der Waals surface area (Å²) in [6.45, 7) is 2.28. The molecule has 6 heteroatoms. The summed E-state index contributed by atoms with van der Waals surface area (Å²) in [6.07, 6.45) is 3.38. The molecule has 21 heavy (non-hydrogen) atoms. The SMILES string of the molecule is C[C@@H]1CCc2nc(Nc3nc4c(F)cccc4s3)sc2C1. The van der Waals surface area contributed by atoms with Gasteiger partial charge >= 0.3 is 0 Å². The highest BCUT2D eigenvalue weighted by Gasteiger charge is 2.20. The molecule has 2 heterocycles. The molecule has 0 amide bonds. The van der Waals surface area contributed by atoms with E-state index in [2.05, 4.69) is 22.2 Å². The molecule has 4 rings (SSSR count). The van der Waals surface area contributed by atoms with Crippen molar-refractivity contribution in [2.45, 2.75) is 26.2 Å². The van der Waals surface area contributed by atoms with Gasteiger partial charge < -0.3 is 5.32 Å². The molecule has 1 N–H and O–H groups in total. The van der Waals surface area contributed by atoms with Crippen molar-refractivity contribution in [3.8, 4) is 0 Å². The van der Waals surface area contributed by atoms with Gasteiger partial charge in [-0.1, -0.05) is 24.3 Å². The summed E-state index contributed by atoms with van der Waals surface area (Å²) in [5.41, 5.74) is 1.65. The highest BCUT2D eigenvalue weighted by Crippen LogP contribution is 2.35. The smallest absolute Gasteiger partial charge is 0.190 e. The topological polar surface area (TPSA) is 37.8 Å². The summed E-state index contributed by atoms with van der Waals surface area (Å²) in [5.74, 6) is 0.464. The van der Waals surface area contributed by atoms with Crippen LogP contribution in [-0.4, -0.2) is 9.97 Å². The fraction of sp³-hybridized carbons (Fsp3) is 0.333. The molecule has 3 aromatic rings. The number of rotatable bonds is 2. The molecule has 0 spiro atoms. The van der Waals surface area contributed by atoms with Crippen LogP contribution in [-0.2, 0) is 12.8 Å². The quantitative estimate of drug-likeness (QED) is 0.740. The first-order chi connectivity index (χ1) is 10.2. The molecule has 0 saturated heterocycles. The Morgan fingerprint density at radius 3 is 2.95 bits per heavy atom. The Bertz CT molecular complexity index is 808. The van der Waals surface area contributed by atoms with Crippen molar-refractivity contribution in [3.05, 3.63) is 34.6 Å². The van der Waals surface area contributed by atoms with E-state index in [1.165, 1.54) is 34.4 Å². The van der Waals surface area contributed by atoms with Gasteiger partial charge in [-0.25, -0.2) is 14.4 Å². The molecule has 0 fully saturated rings. The number of fused-ring (bicyclic) bond motifs is 2. The second kappa shape index (κ2) is 5.03. The zero-order chi connectivity index (χ0) is 14.4. The second-order valence-corrected chi connectivity index (χ2v) is 7.58. The first kappa shape index (κ1) is 13.2. The Labute approximate surface area is 129 Å². The van der Waals surface area contributed by atoms with E-state index in [1.807, 2.05) is 6.07 Å². The normalized spacial score (nSPS) is 17.9. The van der Waals surface area contributed by atoms with Gasteiger partial charge in [-0.3, -0.25) is 0 Å². The fourth-order valence-corrected chi connectivity index (χ4v) is 4.77. The van der Waals surface area contributed by atoms with E-state index in [9.17, 15) is 4.39 Å². The van der Waals surface area contributed by atoms with E-state index in [0.717, 1.165) is 28.6 Å². The Balaban J connectivity index is 1.64. The zero-order valence-corrected chi connectivity index (χ0v) is 13.2. The Kier molecular flexibility index (Phi) is 3.15. The standard InChI is InChI=1S/C15H14FN3S2/c1-8-5-6-10-12(7-8)21-14(17-10)19-15-18-13-9(16)3-2-4-11(13)20-15/h2-4,8H,5-7H2,1H3,(H,17,18,19)/t8-/m1/s1. The summed E-state index contributed by atoms with van der Waals surface area (Å²) < 4.78 is 14.5. The van der Waals surface area contributed by atoms with Gasteiger partial charge in [-0.05, 0) is 37.3 Å². The van der Waals surface area contributed by atoms with E-state index >= 15 is 0 Å². The summed E-state index contributed by atoms with van der Waals surface area (Å²) in [7, 11) is 0. The molecule has 0 bridgehead atoms. The fourth-order valence-electron chi connectivity index (χ4n) is 2.65. The van der Waals surface area contributed by atoms with Crippen LogP contribution in [0, 0.1) is 11.7 Å². The summed E-state index contributed by atoms with van der Waals surface area (Å²) >= 11 is 3.16. The Hall–Kier alpha value is -1.53. The van der Waals surface area contributed by atoms with Crippen molar-refractivity contribution in [2.75, 3.05) is 5.32 Å². The zero-order valence-electron chi connectivity index (χ0n) is 11.5.